The second-order valence-electron chi connectivity index (χ2n) is 9.36. The van der Waals surface area contributed by atoms with Gasteiger partial charge in [-0.2, -0.15) is 0 Å². The van der Waals surface area contributed by atoms with E-state index in [0.717, 1.165) is 31.6 Å². The van der Waals surface area contributed by atoms with E-state index in [1.807, 2.05) is 0 Å². The predicted molar refractivity (Wildman–Crippen MR) is 124 cm³/mol. The molecule has 0 bridgehead atoms. The van der Waals surface area contributed by atoms with Gasteiger partial charge in [0.2, 0.25) is 0 Å². The van der Waals surface area contributed by atoms with Gasteiger partial charge in [-0.3, -0.25) is 0 Å². The smallest absolute Gasteiger partial charge is 0.168 e. The quantitative estimate of drug-likeness (QED) is 0.391. The molecule has 4 rings (SSSR count). The van der Waals surface area contributed by atoms with E-state index in [-0.39, 0.29) is 17.5 Å². The molecule has 0 unspecified atom stereocenters. The number of allylic oxidation sites excluding steroid dienone is 1. The Labute approximate surface area is 189 Å². The van der Waals surface area contributed by atoms with E-state index < -0.39 is 11.6 Å². The van der Waals surface area contributed by atoms with Crippen molar-refractivity contribution in [3.63, 3.8) is 0 Å². The standard InChI is InChI=1S/C28H33F3O/c1-3-4-5-6-18-7-9-19(10-8-18)22-14-15-24(28(31)27(22)30)20-11-13-23-21(17-20)12-16-25(32-2)26(23)29/h12,14-19H,3-11,13H2,1-2H3. The Kier molecular flexibility index (Phi) is 7.27. The van der Waals surface area contributed by atoms with Gasteiger partial charge in [-0.25, -0.2) is 13.2 Å². The number of rotatable bonds is 7. The fourth-order valence-electron chi connectivity index (χ4n) is 5.47. The molecule has 4 heteroatoms. The Bertz CT molecular complexity index is 987. The lowest BCUT2D eigenvalue weighted by atomic mass is 9.76. The molecule has 0 aromatic heterocycles. The molecule has 0 atom stereocenters. The highest BCUT2D eigenvalue weighted by molar-refractivity contribution is 5.85. The zero-order valence-electron chi connectivity index (χ0n) is 19.2. The molecule has 0 amide bonds. The van der Waals surface area contributed by atoms with Crippen LogP contribution in [0.4, 0.5) is 13.2 Å². The largest absolute Gasteiger partial charge is 0.494 e. The van der Waals surface area contributed by atoms with Crippen molar-refractivity contribution in [1.29, 1.82) is 0 Å². The van der Waals surface area contributed by atoms with Gasteiger partial charge in [0.05, 0.1) is 7.11 Å². The van der Waals surface area contributed by atoms with Gasteiger partial charge in [0.1, 0.15) is 0 Å². The molecule has 2 aliphatic rings. The van der Waals surface area contributed by atoms with E-state index in [1.165, 1.54) is 32.8 Å². The third-order valence-corrected chi connectivity index (χ3v) is 7.40. The lowest BCUT2D eigenvalue weighted by Gasteiger charge is -2.29. The summed E-state index contributed by atoms with van der Waals surface area (Å²) in [5.74, 6) is -0.796. The lowest BCUT2D eigenvalue weighted by Crippen LogP contribution is -2.15. The van der Waals surface area contributed by atoms with E-state index in [0.29, 0.717) is 40.7 Å². The molecule has 1 saturated carbocycles. The summed E-state index contributed by atoms with van der Waals surface area (Å²) in [4.78, 5) is 0. The molecule has 1 nitrogen and oxygen atoms in total. The van der Waals surface area contributed by atoms with Gasteiger partial charge < -0.3 is 4.74 Å². The number of hydrogen-bond acceptors (Lipinski definition) is 1. The summed E-state index contributed by atoms with van der Waals surface area (Å²) >= 11 is 0. The van der Waals surface area contributed by atoms with Crippen LogP contribution in [0.5, 0.6) is 5.75 Å². The first-order valence-corrected chi connectivity index (χ1v) is 12.1. The average Bonchev–Trinajstić information content (AvgIpc) is 2.82. The molecule has 2 aliphatic carbocycles. The summed E-state index contributed by atoms with van der Waals surface area (Å²) in [7, 11) is 1.44. The molecule has 0 radical (unpaired) electrons. The lowest BCUT2D eigenvalue weighted by molar-refractivity contribution is 0.298. The minimum Gasteiger partial charge on any atom is -0.494 e. The summed E-state index contributed by atoms with van der Waals surface area (Å²) < 4.78 is 49.8. The fraction of sp³-hybridized carbons (Fsp3) is 0.500. The van der Waals surface area contributed by atoms with Gasteiger partial charge in [-0.15, -0.1) is 0 Å². The van der Waals surface area contributed by atoms with Gasteiger partial charge in [0.25, 0.3) is 0 Å². The maximum Gasteiger partial charge on any atom is 0.168 e. The molecular weight excluding hydrogens is 409 g/mol. The second-order valence-corrected chi connectivity index (χ2v) is 9.36. The highest BCUT2D eigenvalue weighted by Crippen LogP contribution is 2.41. The molecule has 172 valence electrons. The highest BCUT2D eigenvalue weighted by atomic mass is 19.2. The van der Waals surface area contributed by atoms with Crippen molar-refractivity contribution in [1.82, 2.24) is 0 Å². The molecule has 0 spiro atoms. The first-order valence-electron chi connectivity index (χ1n) is 12.1. The van der Waals surface area contributed by atoms with Crippen molar-refractivity contribution >= 4 is 11.6 Å². The molecule has 2 aromatic rings. The third kappa shape index (κ3) is 4.60. The second kappa shape index (κ2) is 10.1. The van der Waals surface area contributed by atoms with E-state index in [4.69, 9.17) is 4.74 Å². The van der Waals surface area contributed by atoms with Crippen LogP contribution in [0.2, 0.25) is 0 Å². The van der Waals surface area contributed by atoms with Crippen LogP contribution < -0.4 is 4.74 Å². The summed E-state index contributed by atoms with van der Waals surface area (Å²) in [6, 6.07) is 6.85. The van der Waals surface area contributed by atoms with Crippen LogP contribution in [0.25, 0.3) is 11.6 Å². The minimum atomic E-state index is -0.767. The number of hydrogen-bond donors (Lipinski definition) is 0. The molecule has 32 heavy (non-hydrogen) atoms. The topological polar surface area (TPSA) is 9.23 Å². The van der Waals surface area contributed by atoms with Crippen molar-refractivity contribution in [2.75, 3.05) is 7.11 Å². The number of methoxy groups -OCH3 is 1. The molecule has 1 fully saturated rings. The maximum absolute atomic E-state index is 15.1. The van der Waals surface area contributed by atoms with Crippen LogP contribution in [0, 0.1) is 23.4 Å². The summed E-state index contributed by atoms with van der Waals surface area (Å²) in [6.45, 7) is 2.22. The van der Waals surface area contributed by atoms with Gasteiger partial charge in [0, 0.05) is 5.56 Å². The number of halogens is 3. The van der Waals surface area contributed by atoms with Crippen LogP contribution in [0.3, 0.4) is 0 Å². The van der Waals surface area contributed by atoms with Gasteiger partial charge in [-0.1, -0.05) is 56.9 Å². The van der Waals surface area contributed by atoms with E-state index >= 15 is 8.78 Å². The zero-order chi connectivity index (χ0) is 22.7. The maximum atomic E-state index is 15.1. The number of benzene rings is 2. The van der Waals surface area contributed by atoms with Crippen molar-refractivity contribution in [3.05, 3.63) is 64.0 Å². The molecule has 0 heterocycles. The Balaban J connectivity index is 1.51. The molecule has 2 aromatic carbocycles. The van der Waals surface area contributed by atoms with E-state index in [9.17, 15) is 4.39 Å². The Morgan fingerprint density at radius 2 is 1.66 bits per heavy atom. The Morgan fingerprint density at radius 3 is 2.38 bits per heavy atom. The third-order valence-electron chi connectivity index (χ3n) is 7.40. The van der Waals surface area contributed by atoms with Crippen LogP contribution in [0.1, 0.15) is 92.9 Å². The van der Waals surface area contributed by atoms with Crippen LogP contribution in [-0.2, 0) is 6.42 Å². The number of ether oxygens (including phenoxy) is 1. The first kappa shape index (κ1) is 22.9. The summed E-state index contributed by atoms with van der Waals surface area (Å²) in [6.07, 6.45) is 11.8. The van der Waals surface area contributed by atoms with Crippen molar-refractivity contribution in [2.24, 2.45) is 5.92 Å². The highest BCUT2D eigenvalue weighted by Gasteiger charge is 2.27. The van der Waals surface area contributed by atoms with Gasteiger partial charge >= 0.3 is 0 Å². The summed E-state index contributed by atoms with van der Waals surface area (Å²) in [5.41, 5.74) is 2.80. The van der Waals surface area contributed by atoms with Crippen molar-refractivity contribution < 1.29 is 17.9 Å². The van der Waals surface area contributed by atoms with Crippen LogP contribution in [-0.4, -0.2) is 7.11 Å². The van der Waals surface area contributed by atoms with E-state index in [1.54, 1.807) is 30.3 Å². The number of fused-ring (bicyclic) bond motifs is 1. The molecule has 0 aliphatic heterocycles. The SMILES string of the molecule is CCCCCC1CCC(c2ccc(C3=Cc4ccc(OC)c(F)c4CC3)c(F)c2F)CC1. The predicted octanol–water partition coefficient (Wildman–Crippen LogP) is 8.45. The van der Waals surface area contributed by atoms with Crippen molar-refractivity contribution in [2.45, 2.75) is 77.0 Å². The van der Waals surface area contributed by atoms with Gasteiger partial charge in [0.15, 0.2) is 23.2 Å². The summed E-state index contributed by atoms with van der Waals surface area (Å²) in [5, 5.41) is 0. The first-order chi connectivity index (χ1) is 15.5. The minimum absolute atomic E-state index is 0.101. The molecule has 0 saturated heterocycles. The van der Waals surface area contributed by atoms with Crippen LogP contribution >= 0.6 is 0 Å². The number of unbranched alkanes of at least 4 members (excludes halogenated alkanes) is 2. The van der Waals surface area contributed by atoms with E-state index in [2.05, 4.69) is 6.92 Å². The normalized spacial score (nSPS) is 20.6. The monoisotopic (exact) mass is 442 g/mol. The fourth-order valence-corrected chi connectivity index (χ4v) is 5.47. The van der Waals surface area contributed by atoms with Crippen molar-refractivity contribution in [3.8, 4) is 5.75 Å². The van der Waals surface area contributed by atoms with Gasteiger partial charge in [-0.05, 0) is 78.7 Å². The average molecular weight is 443 g/mol. The molecule has 0 N–H and O–H groups in total. The Hall–Kier alpha value is -2.23. The molecular formula is C28H33F3O. The Morgan fingerprint density at radius 1 is 0.875 bits per heavy atom. The van der Waals surface area contributed by atoms with Crippen LogP contribution in [0.15, 0.2) is 24.3 Å². The zero-order valence-corrected chi connectivity index (χ0v) is 19.2.